The number of carbonyl (C=O) groups excluding carboxylic acids is 2. The maximum atomic E-state index is 14.1. The number of methoxy groups -OCH3 is 1. The Morgan fingerprint density at radius 1 is 1.09 bits per heavy atom. The molecular weight excluding hydrogens is 426 g/mol. The molecule has 1 aliphatic carbocycles. The molecule has 2 aromatic carbocycles. The summed E-state index contributed by atoms with van der Waals surface area (Å²) in [5.74, 6) is 0.527. The summed E-state index contributed by atoms with van der Waals surface area (Å²) in [6, 6.07) is 17.6. The van der Waals surface area contributed by atoms with E-state index in [9.17, 15) is 9.59 Å². The normalized spacial score (nSPS) is 21.9. The molecule has 2 amide bonds. The molecule has 0 radical (unpaired) electrons. The topological polar surface area (TPSA) is 63.6 Å². The van der Waals surface area contributed by atoms with E-state index in [0.717, 1.165) is 47.9 Å². The van der Waals surface area contributed by atoms with E-state index in [0.29, 0.717) is 12.2 Å². The maximum Gasteiger partial charge on any atom is 0.271 e. The lowest BCUT2D eigenvalue weighted by atomic mass is 9.89. The highest BCUT2D eigenvalue weighted by molar-refractivity contribution is 6.04. The molecule has 6 heteroatoms. The summed E-state index contributed by atoms with van der Waals surface area (Å²) >= 11 is 0. The highest BCUT2D eigenvalue weighted by Gasteiger charge is 2.50. The van der Waals surface area contributed by atoms with Crippen LogP contribution >= 0.6 is 0 Å². The number of aromatic nitrogens is 1. The van der Waals surface area contributed by atoms with Gasteiger partial charge in [-0.05, 0) is 50.5 Å². The van der Waals surface area contributed by atoms with Crippen molar-refractivity contribution in [2.24, 2.45) is 0 Å². The molecule has 1 aliphatic heterocycles. The van der Waals surface area contributed by atoms with E-state index in [1.807, 2.05) is 73.0 Å². The van der Waals surface area contributed by atoms with Crippen LogP contribution in [-0.2, 0) is 11.3 Å². The van der Waals surface area contributed by atoms with Gasteiger partial charge in [-0.2, -0.15) is 0 Å². The van der Waals surface area contributed by atoms with Crippen LogP contribution in [0.5, 0.6) is 5.75 Å². The monoisotopic (exact) mass is 459 g/mol. The number of nitrogens with zero attached hydrogens (tertiary/aromatic N) is 2. The Bertz CT molecular complexity index is 1210. The zero-order chi connectivity index (χ0) is 23.9. The molecule has 2 aliphatic rings. The molecule has 0 bridgehead atoms. The Morgan fingerprint density at radius 2 is 1.82 bits per heavy atom. The molecule has 0 spiro atoms. The van der Waals surface area contributed by atoms with E-state index in [-0.39, 0.29) is 23.9 Å². The van der Waals surface area contributed by atoms with E-state index >= 15 is 0 Å². The summed E-state index contributed by atoms with van der Waals surface area (Å²) in [6.45, 7) is 4.32. The largest absolute Gasteiger partial charge is 0.497 e. The van der Waals surface area contributed by atoms with Crippen LogP contribution in [-0.4, -0.2) is 40.0 Å². The number of ether oxygens (including phenoxy) is 1. The Morgan fingerprint density at radius 3 is 2.53 bits per heavy atom. The first-order valence-electron chi connectivity index (χ1n) is 12.3. The lowest BCUT2D eigenvalue weighted by Crippen LogP contribution is -2.65. The number of hydrogen-bond donors (Lipinski definition) is 1. The third kappa shape index (κ3) is 3.75. The van der Waals surface area contributed by atoms with Crippen molar-refractivity contribution in [3.05, 3.63) is 65.9 Å². The average Bonchev–Trinajstić information content (AvgIpc) is 3.22. The van der Waals surface area contributed by atoms with Crippen LogP contribution in [0, 0.1) is 0 Å². The predicted molar refractivity (Wildman–Crippen MR) is 133 cm³/mol. The van der Waals surface area contributed by atoms with Gasteiger partial charge in [-0.15, -0.1) is 0 Å². The summed E-state index contributed by atoms with van der Waals surface area (Å²) in [7, 11) is 1.64. The van der Waals surface area contributed by atoms with Crippen molar-refractivity contribution in [1.82, 2.24) is 14.8 Å². The molecule has 0 saturated heterocycles. The second-order valence-corrected chi connectivity index (χ2v) is 9.88. The van der Waals surface area contributed by atoms with E-state index < -0.39 is 5.54 Å². The van der Waals surface area contributed by atoms with Gasteiger partial charge in [-0.1, -0.05) is 49.6 Å². The molecule has 2 heterocycles. The molecule has 3 aromatic rings. The van der Waals surface area contributed by atoms with Gasteiger partial charge in [0.05, 0.1) is 25.2 Å². The zero-order valence-corrected chi connectivity index (χ0v) is 20.2. The summed E-state index contributed by atoms with van der Waals surface area (Å²) in [4.78, 5) is 29.8. The standard InChI is InChI=1S/C28H33N3O3/c1-19(20-10-6-4-7-11-20)31-26(32)25-16-21-14-15-23(34-3)17-24(21)30(25)18-28(31,2)27(33)29-22-12-8-5-9-13-22/h4,6-7,10-11,14-17,19,22H,5,8-9,12-13,18H2,1-3H3,(H,29,33)/t19-,28-/m0/s1. The number of hydrogen-bond acceptors (Lipinski definition) is 3. The fraction of sp³-hybridized carbons (Fsp3) is 0.429. The Labute approximate surface area is 200 Å². The fourth-order valence-electron chi connectivity index (χ4n) is 5.69. The average molecular weight is 460 g/mol. The van der Waals surface area contributed by atoms with Crippen LogP contribution in [0.25, 0.3) is 10.9 Å². The highest BCUT2D eigenvalue weighted by atomic mass is 16.5. The number of benzene rings is 2. The minimum atomic E-state index is -1.04. The van der Waals surface area contributed by atoms with Gasteiger partial charge < -0.3 is 19.5 Å². The maximum absolute atomic E-state index is 14.1. The zero-order valence-electron chi connectivity index (χ0n) is 20.2. The first-order valence-corrected chi connectivity index (χ1v) is 12.3. The second-order valence-electron chi connectivity index (χ2n) is 9.88. The summed E-state index contributed by atoms with van der Waals surface area (Å²) in [5, 5.41) is 4.27. The van der Waals surface area contributed by atoms with Gasteiger partial charge in [0, 0.05) is 17.5 Å². The van der Waals surface area contributed by atoms with Crippen molar-refractivity contribution in [1.29, 1.82) is 0 Å². The van der Waals surface area contributed by atoms with Crippen molar-refractivity contribution < 1.29 is 14.3 Å². The molecule has 6 nitrogen and oxygen atoms in total. The predicted octanol–water partition coefficient (Wildman–Crippen LogP) is 5.07. The van der Waals surface area contributed by atoms with Gasteiger partial charge in [0.25, 0.3) is 5.91 Å². The van der Waals surface area contributed by atoms with Crippen LogP contribution in [0.4, 0.5) is 0 Å². The first-order chi connectivity index (χ1) is 16.4. The second kappa shape index (κ2) is 8.82. The third-order valence-corrected chi connectivity index (χ3v) is 7.65. The minimum Gasteiger partial charge on any atom is -0.497 e. The molecule has 2 atom stereocenters. The number of fused-ring (bicyclic) bond motifs is 3. The van der Waals surface area contributed by atoms with Crippen LogP contribution in [0.3, 0.4) is 0 Å². The van der Waals surface area contributed by atoms with Gasteiger partial charge in [-0.25, -0.2) is 0 Å². The molecule has 1 aromatic heterocycles. The highest BCUT2D eigenvalue weighted by Crippen LogP contribution is 2.39. The van der Waals surface area contributed by atoms with Crippen molar-refractivity contribution in [3.8, 4) is 5.75 Å². The molecule has 34 heavy (non-hydrogen) atoms. The minimum absolute atomic E-state index is 0.0778. The quantitative estimate of drug-likeness (QED) is 0.579. The summed E-state index contributed by atoms with van der Waals surface area (Å²) < 4.78 is 7.43. The van der Waals surface area contributed by atoms with E-state index in [1.165, 1.54) is 6.42 Å². The van der Waals surface area contributed by atoms with Crippen molar-refractivity contribution in [2.45, 2.75) is 70.1 Å². The van der Waals surface area contributed by atoms with E-state index in [2.05, 4.69) is 5.32 Å². The van der Waals surface area contributed by atoms with Gasteiger partial charge in [0.15, 0.2) is 0 Å². The van der Waals surface area contributed by atoms with Gasteiger partial charge >= 0.3 is 0 Å². The van der Waals surface area contributed by atoms with Gasteiger partial charge in [0.2, 0.25) is 5.91 Å². The molecule has 1 saturated carbocycles. The van der Waals surface area contributed by atoms with Crippen LogP contribution < -0.4 is 10.1 Å². The number of nitrogens with one attached hydrogen (secondary N) is 1. The molecule has 1 N–H and O–H groups in total. The molecule has 1 fully saturated rings. The first kappa shape index (κ1) is 22.5. The molecule has 178 valence electrons. The lowest BCUT2D eigenvalue weighted by molar-refractivity contribution is -0.135. The van der Waals surface area contributed by atoms with Gasteiger partial charge in [-0.3, -0.25) is 9.59 Å². The number of carbonyl (C=O) groups is 2. The smallest absolute Gasteiger partial charge is 0.271 e. The van der Waals surface area contributed by atoms with Crippen LogP contribution in [0.1, 0.15) is 68.0 Å². The van der Waals surface area contributed by atoms with Gasteiger partial charge in [0.1, 0.15) is 17.0 Å². The van der Waals surface area contributed by atoms with Crippen molar-refractivity contribution in [2.75, 3.05) is 7.11 Å². The van der Waals surface area contributed by atoms with E-state index in [1.54, 1.807) is 12.0 Å². The Kier molecular flexibility index (Phi) is 5.84. The lowest BCUT2D eigenvalue weighted by Gasteiger charge is -2.47. The van der Waals surface area contributed by atoms with E-state index in [4.69, 9.17) is 4.74 Å². The van der Waals surface area contributed by atoms with Crippen molar-refractivity contribution >= 4 is 22.7 Å². The summed E-state index contributed by atoms with van der Waals surface area (Å²) in [6.07, 6.45) is 5.49. The van der Waals surface area contributed by atoms with Crippen LogP contribution in [0.15, 0.2) is 54.6 Å². The Hall–Kier alpha value is -3.28. The SMILES string of the molecule is COc1ccc2cc3n(c2c1)C[C@@](C)(C(=O)NC1CCCCC1)N([C@@H](C)c1ccccc1)C3=O. The fourth-order valence-corrected chi connectivity index (χ4v) is 5.69. The Balaban J connectivity index is 1.60. The summed E-state index contributed by atoms with van der Waals surface area (Å²) in [5.41, 5.74) is 1.49. The molecule has 5 rings (SSSR count). The third-order valence-electron chi connectivity index (χ3n) is 7.65. The van der Waals surface area contributed by atoms with Crippen molar-refractivity contribution in [3.63, 3.8) is 0 Å². The van der Waals surface area contributed by atoms with Crippen LogP contribution in [0.2, 0.25) is 0 Å². The molecule has 0 unspecified atom stereocenters. The number of amides is 2. The molecular formula is C28H33N3O3. The number of rotatable bonds is 5.